The number of carbonyl (C=O) groups excluding carboxylic acids is 2. The topological polar surface area (TPSA) is 127 Å². The Kier molecular flexibility index (Phi) is 8.95. The molecule has 2 aromatic heterocycles. The summed E-state index contributed by atoms with van der Waals surface area (Å²) >= 11 is 0. The maximum absolute atomic E-state index is 13.0. The van der Waals surface area contributed by atoms with Crippen molar-refractivity contribution >= 4 is 28.7 Å². The normalized spacial score (nSPS) is 13.9. The summed E-state index contributed by atoms with van der Waals surface area (Å²) < 4.78 is 18.7. The number of carbonyl (C=O) groups is 2. The van der Waals surface area contributed by atoms with Crippen molar-refractivity contribution < 1.29 is 28.9 Å². The average Bonchev–Trinajstić information content (AvgIpc) is 3.37. The van der Waals surface area contributed by atoms with Crippen molar-refractivity contribution in [1.82, 2.24) is 19.8 Å². The Morgan fingerprint density at radius 3 is 2.51 bits per heavy atom. The summed E-state index contributed by atoms with van der Waals surface area (Å²) in [6, 6.07) is 16.0. The lowest BCUT2D eigenvalue weighted by molar-refractivity contribution is 0.00735. The van der Waals surface area contributed by atoms with Crippen LogP contribution in [0.1, 0.15) is 35.7 Å². The monoisotopic (exact) mass is 587 g/mol. The van der Waals surface area contributed by atoms with Crippen LogP contribution in [0, 0.1) is 0 Å². The number of aliphatic hydroxyl groups is 1. The van der Waals surface area contributed by atoms with Crippen LogP contribution in [-0.4, -0.2) is 84.1 Å². The van der Waals surface area contributed by atoms with Crippen LogP contribution in [0.2, 0.25) is 0 Å². The molecule has 0 saturated carbocycles. The SMILES string of the molecule is CNC(=O)n1ccc2cc(Oc3ccnc(NC(=O)c4ccc(C5CN(CC(C)(C)O)C5)cc4)c3)c(OCCOC)cc21. The Morgan fingerprint density at radius 1 is 1.05 bits per heavy atom. The Hall–Kier alpha value is -4.45. The van der Waals surface area contributed by atoms with Gasteiger partial charge in [-0.15, -0.1) is 0 Å². The number of ether oxygens (including phenoxy) is 3. The van der Waals surface area contributed by atoms with Gasteiger partial charge in [0.05, 0.1) is 17.7 Å². The Labute approximate surface area is 250 Å². The quantitative estimate of drug-likeness (QED) is 0.220. The smallest absolute Gasteiger partial charge is 0.325 e. The van der Waals surface area contributed by atoms with E-state index in [4.69, 9.17) is 14.2 Å². The summed E-state index contributed by atoms with van der Waals surface area (Å²) in [5, 5.41) is 16.3. The van der Waals surface area contributed by atoms with Gasteiger partial charge in [-0.3, -0.25) is 14.3 Å². The number of benzene rings is 2. The molecule has 0 spiro atoms. The van der Waals surface area contributed by atoms with Crippen LogP contribution < -0.4 is 20.1 Å². The lowest BCUT2D eigenvalue weighted by Crippen LogP contribution is -2.50. The third-order valence-corrected chi connectivity index (χ3v) is 7.15. The molecule has 3 heterocycles. The number of aromatic nitrogens is 2. The fourth-order valence-corrected chi connectivity index (χ4v) is 5.09. The highest BCUT2D eigenvalue weighted by atomic mass is 16.5. The number of amides is 2. The van der Waals surface area contributed by atoms with Crippen molar-refractivity contribution in [1.29, 1.82) is 0 Å². The number of nitrogens with zero attached hydrogens (tertiary/aromatic N) is 3. The molecule has 1 saturated heterocycles. The second-order valence-corrected chi connectivity index (χ2v) is 11.2. The van der Waals surface area contributed by atoms with E-state index in [0.717, 1.165) is 18.5 Å². The number of pyridine rings is 1. The first-order chi connectivity index (χ1) is 20.6. The van der Waals surface area contributed by atoms with Gasteiger partial charge in [-0.05, 0) is 49.7 Å². The first-order valence-corrected chi connectivity index (χ1v) is 14.1. The highest BCUT2D eigenvalue weighted by molar-refractivity contribution is 6.03. The van der Waals surface area contributed by atoms with Crippen molar-refractivity contribution in [3.05, 3.63) is 78.1 Å². The van der Waals surface area contributed by atoms with E-state index in [1.54, 1.807) is 50.8 Å². The summed E-state index contributed by atoms with van der Waals surface area (Å²) in [5.74, 6) is 1.76. The first kappa shape index (κ1) is 30.0. The van der Waals surface area contributed by atoms with Crippen LogP contribution >= 0.6 is 0 Å². The van der Waals surface area contributed by atoms with Crippen molar-refractivity contribution in [3.8, 4) is 17.2 Å². The van der Waals surface area contributed by atoms with Crippen LogP contribution in [0.4, 0.5) is 10.6 Å². The fourth-order valence-electron chi connectivity index (χ4n) is 5.09. The van der Waals surface area contributed by atoms with E-state index >= 15 is 0 Å². The third-order valence-electron chi connectivity index (χ3n) is 7.15. The van der Waals surface area contributed by atoms with E-state index in [1.807, 2.05) is 44.2 Å². The standard InChI is InChI=1S/C32H37N5O6/c1-32(2,40)20-36-18-24(19-36)21-5-7-22(8-6-21)30(38)35-29-16-25(9-11-34-29)43-28-15-23-10-12-37(31(39)33-3)26(23)17-27(28)42-14-13-41-4/h5-12,15-17,24,40H,13-14,18-20H2,1-4H3,(H,33,39)(H,34,35,38). The number of hydrogen-bond acceptors (Lipinski definition) is 8. The van der Waals surface area contributed by atoms with Crippen LogP contribution in [-0.2, 0) is 4.74 Å². The van der Waals surface area contributed by atoms with Gasteiger partial charge in [-0.25, -0.2) is 9.78 Å². The average molecular weight is 588 g/mol. The van der Waals surface area contributed by atoms with Gasteiger partial charge in [0.1, 0.15) is 18.2 Å². The van der Waals surface area contributed by atoms with E-state index < -0.39 is 5.60 Å². The molecule has 4 aromatic rings. The van der Waals surface area contributed by atoms with Crippen molar-refractivity contribution in [2.24, 2.45) is 0 Å². The summed E-state index contributed by atoms with van der Waals surface area (Å²) in [5.41, 5.74) is 1.64. The molecule has 11 nitrogen and oxygen atoms in total. The van der Waals surface area contributed by atoms with Gasteiger partial charge in [-0.2, -0.15) is 0 Å². The number of nitrogens with one attached hydrogen (secondary N) is 2. The number of hydrogen-bond donors (Lipinski definition) is 3. The van der Waals surface area contributed by atoms with E-state index in [-0.39, 0.29) is 18.5 Å². The minimum atomic E-state index is -0.711. The van der Waals surface area contributed by atoms with E-state index in [1.165, 1.54) is 10.1 Å². The van der Waals surface area contributed by atoms with Gasteiger partial charge in [-0.1, -0.05) is 12.1 Å². The number of anilines is 1. The van der Waals surface area contributed by atoms with Crippen LogP contribution in [0.5, 0.6) is 17.2 Å². The molecule has 0 radical (unpaired) electrons. The minimum Gasteiger partial charge on any atom is -0.487 e. The fraction of sp³-hybridized carbons (Fsp3) is 0.344. The largest absolute Gasteiger partial charge is 0.487 e. The molecule has 2 aromatic carbocycles. The van der Waals surface area contributed by atoms with Crippen LogP contribution in [0.15, 0.2) is 67.0 Å². The number of β-amino-alcohol motifs (C(OH)–C–C–N with tert-alkyl or cyclic N) is 1. The molecule has 0 aliphatic carbocycles. The minimum absolute atomic E-state index is 0.271. The number of methoxy groups -OCH3 is 1. The molecule has 0 bridgehead atoms. The first-order valence-electron chi connectivity index (χ1n) is 14.1. The van der Waals surface area contributed by atoms with E-state index in [9.17, 15) is 14.7 Å². The van der Waals surface area contributed by atoms with E-state index in [2.05, 4.69) is 20.5 Å². The Balaban J connectivity index is 1.27. The van der Waals surface area contributed by atoms with Crippen molar-refractivity contribution in [2.75, 3.05) is 52.3 Å². The lowest BCUT2D eigenvalue weighted by atomic mass is 9.89. The predicted molar refractivity (Wildman–Crippen MR) is 163 cm³/mol. The summed E-state index contributed by atoms with van der Waals surface area (Å²) in [7, 11) is 3.16. The summed E-state index contributed by atoms with van der Waals surface area (Å²) in [6.45, 7) is 6.71. The van der Waals surface area contributed by atoms with Gasteiger partial charge in [0.2, 0.25) is 0 Å². The Bertz CT molecular complexity index is 1590. The molecule has 5 rings (SSSR count). The summed E-state index contributed by atoms with van der Waals surface area (Å²) in [4.78, 5) is 31.8. The van der Waals surface area contributed by atoms with Gasteiger partial charge in [0, 0.05) is 75.2 Å². The molecule has 0 atom stereocenters. The lowest BCUT2D eigenvalue weighted by Gasteiger charge is -2.42. The molecule has 226 valence electrons. The van der Waals surface area contributed by atoms with Gasteiger partial charge in [0.25, 0.3) is 5.91 Å². The number of fused-ring (bicyclic) bond motifs is 1. The molecule has 43 heavy (non-hydrogen) atoms. The van der Waals surface area contributed by atoms with Crippen molar-refractivity contribution in [3.63, 3.8) is 0 Å². The molecule has 3 N–H and O–H groups in total. The second-order valence-electron chi connectivity index (χ2n) is 11.2. The maximum Gasteiger partial charge on any atom is 0.325 e. The molecule has 1 aliphatic heterocycles. The molecule has 2 amide bonds. The molecule has 0 unspecified atom stereocenters. The second kappa shape index (κ2) is 12.8. The maximum atomic E-state index is 13.0. The zero-order chi connectivity index (χ0) is 30.6. The van der Waals surface area contributed by atoms with E-state index in [0.29, 0.717) is 53.2 Å². The van der Waals surface area contributed by atoms with Gasteiger partial charge in [0.15, 0.2) is 11.5 Å². The van der Waals surface area contributed by atoms with Gasteiger partial charge < -0.3 is 30.0 Å². The third kappa shape index (κ3) is 7.31. The highest BCUT2D eigenvalue weighted by Gasteiger charge is 2.31. The Morgan fingerprint density at radius 2 is 1.81 bits per heavy atom. The zero-order valence-corrected chi connectivity index (χ0v) is 24.8. The predicted octanol–water partition coefficient (Wildman–Crippen LogP) is 4.46. The van der Waals surface area contributed by atoms with Crippen molar-refractivity contribution in [2.45, 2.75) is 25.4 Å². The highest BCUT2D eigenvalue weighted by Crippen LogP contribution is 2.37. The molecular formula is C32H37N5O6. The molecule has 1 fully saturated rings. The molecule has 1 aliphatic rings. The molecule has 11 heteroatoms. The number of likely N-dealkylation sites (tertiary alicyclic amines) is 1. The van der Waals surface area contributed by atoms with Crippen LogP contribution in [0.3, 0.4) is 0 Å². The summed E-state index contributed by atoms with van der Waals surface area (Å²) in [6.07, 6.45) is 3.23. The van der Waals surface area contributed by atoms with Gasteiger partial charge >= 0.3 is 6.03 Å². The van der Waals surface area contributed by atoms with Crippen LogP contribution in [0.25, 0.3) is 10.9 Å². The number of rotatable bonds is 11. The molecular weight excluding hydrogens is 550 g/mol. The zero-order valence-electron chi connectivity index (χ0n) is 24.8.